The molecule has 7 nitrogen and oxygen atoms in total. The van der Waals surface area contributed by atoms with E-state index in [1.807, 2.05) is 25.4 Å². The summed E-state index contributed by atoms with van der Waals surface area (Å²) in [5, 5.41) is 5.39. The Morgan fingerprint density at radius 2 is 2.03 bits per heavy atom. The van der Waals surface area contributed by atoms with Crippen molar-refractivity contribution in [2.24, 2.45) is 4.99 Å². The number of aromatic nitrogens is 2. The predicted octanol–water partition coefficient (Wildman–Crippen LogP) is 3.95. The number of imide groups is 1. The van der Waals surface area contributed by atoms with Crippen molar-refractivity contribution in [3.8, 4) is 11.1 Å². The van der Waals surface area contributed by atoms with Crippen LogP contribution in [0, 0.1) is 4.64 Å². The maximum Gasteiger partial charge on any atom is 0.229 e. The van der Waals surface area contributed by atoms with Crippen LogP contribution in [0.1, 0.15) is 18.5 Å². The van der Waals surface area contributed by atoms with Crippen LogP contribution in [0.25, 0.3) is 22.0 Å². The summed E-state index contributed by atoms with van der Waals surface area (Å²) in [5.74, 6) is -0.148. The van der Waals surface area contributed by atoms with Gasteiger partial charge in [-0.2, -0.15) is 0 Å². The number of nitrogens with zero attached hydrogens (tertiary/aromatic N) is 2. The Labute approximate surface area is 188 Å². The molecule has 31 heavy (non-hydrogen) atoms. The van der Waals surface area contributed by atoms with Crippen LogP contribution in [0.4, 0.5) is 5.69 Å². The van der Waals surface area contributed by atoms with Gasteiger partial charge in [0, 0.05) is 54.4 Å². The summed E-state index contributed by atoms with van der Waals surface area (Å²) in [5.41, 5.74) is 4.89. The summed E-state index contributed by atoms with van der Waals surface area (Å²) in [6, 6.07) is 10.2. The van der Waals surface area contributed by atoms with Crippen LogP contribution in [-0.4, -0.2) is 57.1 Å². The van der Waals surface area contributed by atoms with Crippen LogP contribution in [0.3, 0.4) is 0 Å². The fourth-order valence-electron chi connectivity index (χ4n) is 4.12. The van der Waals surface area contributed by atoms with E-state index in [4.69, 9.17) is 12.2 Å². The second-order valence-electron chi connectivity index (χ2n) is 7.58. The molecule has 158 valence electrons. The lowest BCUT2D eigenvalue weighted by Gasteiger charge is -2.17. The number of anilines is 1. The second kappa shape index (κ2) is 7.97. The summed E-state index contributed by atoms with van der Waals surface area (Å²) in [6.07, 6.45) is 2.48. The minimum atomic E-state index is -0.0740. The molecular formula is C22H21N5O2S2. The molecule has 3 aromatic rings. The van der Waals surface area contributed by atoms with Crippen molar-refractivity contribution in [1.29, 1.82) is 0 Å². The average molecular weight is 452 g/mol. The first-order valence-corrected chi connectivity index (χ1v) is 11.4. The van der Waals surface area contributed by atoms with Crippen LogP contribution in [0.5, 0.6) is 0 Å². The Morgan fingerprint density at radius 1 is 1.23 bits per heavy atom. The van der Waals surface area contributed by atoms with Crippen molar-refractivity contribution >= 4 is 57.4 Å². The molecule has 0 saturated carbocycles. The van der Waals surface area contributed by atoms with E-state index in [-0.39, 0.29) is 17.1 Å². The summed E-state index contributed by atoms with van der Waals surface area (Å²) < 4.78 is 0.690. The number of benzene rings is 1. The molecule has 1 atom stereocenters. The fraction of sp³-hybridized carbons (Fsp3) is 0.273. The van der Waals surface area contributed by atoms with E-state index in [9.17, 15) is 9.59 Å². The number of aromatic amines is 2. The van der Waals surface area contributed by atoms with Crippen molar-refractivity contribution in [3.05, 3.63) is 46.9 Å². The minimum absolute atomic E-state index is 0.0740. The molecule has 3 N–H and O–H groups in total. The Hall–Kier alpha value is -2.91. The van der Waals surface area contributed by atoms with Gasteiger partial charge in [-0.1, -0.05) is 36.1 Å². The van der Waals surface area contributed by atoms with Gasteiger partial charge in [0.1, 0.15) is 9.68 Å². The number of hydrogen-bond acceptors (Lipinski definition) is 6. The monoisotopic (exact) mass is 451 g/mol. The number of rotatable bonds is 5. The molecule has 2 amide bonds. The minimum Gasteiger partial charge on any atom is -0.386 e. The number of thioether (sulfide) groups is 1. The van der Waals surface area contributed by atoms with Gasteiger partial charge >= 0.3 is 0 Å². The van der Waals surface area contributed by atoms with E-state index in [1.54, 1.807) is 11.8 Å². The van der Waals surface area contributed by atoms with Gasteiger partial charge in [0.05, 0.1) is 23.4 Å². The number of nitrogens with one attached hydrogen (secondary N) is 3. The average Bonchev–Trinajstić information content (AvgIpc) is 3.48. The summed E-state index contributed by atoms with van der Waals surface area (Å²) in [7, 11) is 1.90. The van der Waals surface area contributed by atoms with E-state index in [2.05, 4.69) is 38.5 Å². The van der Waals surface area contributed by atoms with E-state index < -0.39 is 0 Å². The third-order valence-electron chi connectivity index (χ3n) is 5.64. The highest BCUT2D eigenvalue weighted by atomic mass is 32.2. The number of pyridine rings is 1. The molecule has 0 radical (unpaired) electrons. The zero-order valence-corrected chi connectivity index (χ0v) is 18.5. The summed E-state index contributed by atoms with van der Waals surface area (Å²) in [4.78, 5) is 36.5. The van der Waals surface area contributed by atoms with Gasteiger partial charge in [-0.3, -0.25) is 19.5 Å². The number of fused-ring (bicyclic) bond motifs is 1. The van der Waals surface area contributed by atoms with E-state index in [0.717, 1.165) is 38.5 Å². The Morgan fingerprint density at radius 3 is 2.77 bits per heavy atom. The number of hydrogen-bond donors (Lipinski definition) is 3. The molecule has 1 fully saturated rings. The molecule has 2 aromatic heterocycles. The van der Waals surface area contributed by atoms with Crippen LogP contribution < -0.4 is 5.32 Å². The smallest absolute Gasteiger partial charge is 0.229 e. The third-order valence-corrected chi connectivity index (χ3v) is 7.19. The van der Waals surface area contributed by atoms with Crippen LogP contribution in [0.2, 0.25) is 0 Å². The number of amides is 2. The molecule has 1 saturated heterocycles. The molecule has 2 aliphatic rings. The lowest BCUT2D eigenvalue weighted by molar-refractivity contribution is -0.138. The lowest BCUT2D eigenvalue weighted by atomic mass is 10.0. The summed E-state index contributed by atoms with van der Waals surface area (Å²) in [6.45, 7) is 1.02. The van der Waals surface area contributed by atoms with Crippen molar-refractivity contribution in [2.75, 3.05) is 25.5 Å². The predicted molar refractivity (Wildman–Crippen MR) is 127 cm³/mol. The van der Waals surface area contributed by atoms with Crippen molar-refractivity contribution in [1.82, 2.24) is 14.9 Å². The van der Waals surface area contributed by atoms with E-state index in [1.165, 1.54) is 4.90 Å². The number of carbonyl (C=O) groups is 2. The van der Waals surface area contributed by atoms with Crippen molar-refractivity contribution in [3.63, 3.8) is 0 Å². The first kappa shape index (κ1) is 20.0. The number of likely N-dealkylation sites (tertiary alicyclic amines) is 1. The Kier molecular flexibility index (Phi) is 5.15. The molecule has 1 aromatic carbocycles. The van der Waals surface area contributed by atoms with Gasteiger partial charge in [-0.15, -0.1) is 0 Å². The zero-order chi connectivity index (χ0) is 21.5. The van der Waals surface area contributed by atoms with E-state index in [0.29, 0.717) is 30.6 Å². The molecule has 0 aliphatic carbocycles. The Bertz CT molecular complexity index is 1280. The number of aliphatic imine (C=N–C) groups is 1. The molecular weight excluding hydrogens is 430 g/mol. The molecule has 2 aliphatic heterocycles. The molecule has 0 bridgehead atoms. The first-order chi connectivity index (χ1) is 15.0. The molecule has 4 heterocycles. The normalized spacial score (nSPS) is 18.8. The summed E-state index contributed by atoms with van der Waals surface area (Å²) >= 11 is 7.09. The van der Waals surface area contributed by atoms with Gasteiger partial charge < -0.3 is 15.3 Å². The number of H-pyrrole nitrogens is 2. The Balaban J connectivity index is 1.43. The topological polar surface area (TPSA) is 93.3 Å². The van der Waals surface area contributed by atoms with Crippen LogP contribution in [-0.2, 0) is 9.59 Å². The fourth-order valence-corrected chi connectivity index (χ4v) is 5.44. The first-order valence-electron chi connectivity index (χ1n) is 10.1. The highest BCUT2D eigenvalue weighted by Crippen LogP contribution is 2.36. The maximum absolute atomic E-state index is 11.9. The highest BCUT2D eigenvalue weighted by Gasteiger charge is 2.33. The maximum atomic E-state index is 11.9. The standard InChI is InChI=1S/C22H21N5O2S2/c1-23-20-14(15-3-2-8-24-21(15)30)5-4-12-9-16(26-19(12)20)22-25-10-13(31-22)11-27-17(28)6-7-18(27)29/h2-5,8-9,13,23,26H,6-7,10-11H2,1H3,(H,24,30). The third kappa shape index (κ3) is 3.57. The van der Waals surface area contributed by atoms with Gasteiger partial charge in [-0.25, -0.2) is 0 Å². The van der Waals surface area contributed by atoms with Crippen LogP contribution >= 0.6 is 24.0 Å². The van der Waals surface area contributed by atoms with E-state index >= 15 is 0 Å². The second-order valence-corrected chi connectivity index (χ2v) is 9.28. The van der Waals surface area contributed by atoms with Gasteiger partial charge in [0.2, 0.25) is 11.8 Å². The van der Waals surface area contributed by atoms with Gasteiger partial charge in [-0.05, 0) is 18.2 Å². The SMILES string of the molecule is CNc1c(-c2ccc[nH]c2=S)ccc2cc(C3=NCC(CN4C(=O)CCC4=O)S3)[nH]c12. The van der Waals surface area contributed by atoms with Crippen molar-refractivity contribution < 1.29 is 9.59 Å². The highest BCUT2D eigenvalue weighted by molar-refractivity contribution is 8.15. The van der Waals surface area contributed by atoms with Gasteiger partial charge in [0.15, 0.2) is 0 Å². The number of carbonyl (C=O) groups excluding carboxylic acids is 2. The molecule has 5 rings (SSSR count). The molecule has 0 spiro atoms. The zero-order valence-electron chi connectivity index (χ0n) is 16.9. The molecule has 9 heteroatoms. The largest absolute Gasteiger partial charge is 0.386 e. The van der Waals surface area contributed by atoms with Gasteiger partial charge in [0.25, 0.3) is 0 Å². The molecule has 1 unspecified atom stereocenters. The quantitative estimate of drug-likeness (QED) is 0.404. The lowest BCUT2D eigenvalue weighted by Crippen LogP contribution is -2.35. The van der Waals surface area contributed by atoms with Crippen molar-refractivity contribution in [2.45, 2.75) is 18.1 Å². The van der Waals surface area contributed by atoms with Crippen LogP contribution in [0.15, 0.2) is 41.5 Å².